The first-order valence-electron chi connectivity index (χ1n) is 7.99. The molecule has 0 saturated carbocycles. The van der Waals surface area contributed by atoms with Crippen molar-refractivity contribution in [2.75, 3.05) is 14.2 Å². The molecule has 0 bridgehead atoms. The molecule has 1 aromatic heterocycles. The zero-order valence-electron chi connectivity index (χ0n) is 13.7. The molecule has 0 N–H and O–H groups in total. The molecule has 1 aliphatic carbocycles. The Balaban J connectivity index is 2.04. The molecular weight excluding hydrogens is 288 g/mol. The summed E-state index contributed by atoms with van der Waals surface area (Å²) in [7, 11) is 3.25. The van der Waals surface area contributed by atoms with Gasteiger partial charge in [-0.15, -0.1) is 0 Å². The number of nitrogens with zero attached hydrogens (tertiary/aromatic N) is 2. The van der Waals surface area contributed by atoms with E-state index in [2.05, 4.69) is 46.4 Å². The van der Waals surface area contributed by atoms with E-state index >= 15 is 0 Å². The van der Waals surface area contributed by atoms with Crippen LogP contribution in [0.5, 0.6) is 11.9 Å². The van der Waals surface area contributed by atoms with E-state index in [0.29, 0.717) is 17.8 Å². The Kier molecular flexibility index (Phi) is 4.91. The molecule has 3 rings (SSSR count). The summed E-state index contributed by atoms with van der Waals surface area (Å²) in [6.45, 7) is 0. The number of hydrogen-bond acceptors (Lipinski definition) is 4. The second kappa shape index (κ2) is 7.27. The molecule has 2 aromatic rings. The lowest BCUT2D eigenvalue weighted by atomic mass is 9.87. The lowest BCUT2D eigenvalue weighted by Gasteiger charge is -2.22. The van der Waals surface area contributed by atoms with Crippen LogP contribution in [0.1, 0.15) is 42.0 Å². The Morgan fingerprint density at radius 2 is 1.87 bits per heavy atom. The Morgan fingerprint density at radius 3 is 2.52 bits per heavy atom. The van der Waals surface area contributed by atoms with Gasteiger partial charge in [-0.05, 0) is 24.8 Å². The summed E-state index contributed by atoms with van der Waals surface area (Å²) in [5.41, 5.74) is 3.36. The van der Waals surface area contributed by atoms with E-state index in [4.69, 9.17) is 9.47 Å². The number of aromatic nitrogens is 2. The minimum absolute atomic E-state index is 0.378. The third-order valence-electron chi connectivity index (χ3n) is 4.24. The fraction of sp³-hybridized carbons (Fsp3) is 0.368. The van der Waals surface area contributed by atoms with Gasteiger partial charge in [0.1, 0.15) is 0 Å². The average Bonchev–Trinajstić information content (AvgIpc) is 2.63. The van der Waals surface area contributed by atoms with E-state index in [1.54, 1.807) is 14.2 Å². The molecule has 1 heterocycles. The van der Waals surface area contributed by atoms with Crippen molar-refractivity contribution in [2.24, 2.45) is 0 Å². The lowest BCUT2D eigenvalue weighted by Crippen LogP contribution is -2.12. The quantitative estimate of drug-likeness (QED) is 0.785. The van der Waals surface area contributed by atoms with Crippen molar-refractivity contribution in [3.63, 3.8) is 0 Å². The van der Waals surface area contributed by atoms with Crippen molar-refractivity contribution < 1.29 is 9.47 Å². The van der Waals surface area contributed by atoms with E-state index in [1.165, 1.54) is 5.56 Å². The van der Waals surface area contributed by atoms with Crippen molar-refractivity contribution in [3.05, 3.63) is 59.3 Å². The van der Waals surface area contributed by atoms with Gasteiger partial charge in [0.05, 0.1) is 19.9 Å². The molecular formula is C19H22N2O2. The molecule has 0 aliphatic heterocycles. The number of ether oxygens (including phenoxy) is 2. The molecule has 0 unspecified atom stereocenters. The van der Waals surface area contributed by atoms with E-state index < -0.39 is 0 Å². The van der Waals surface area contributed by atoms with E-state index in [0.717, 1.165) is 36.9 Å². The first-order valence-corrected chi connectivity index (χ1v) is 7.99. The van der Waals surface area contributed by atoms with Gasteiger partial charge in [-0.25, -0.2) is 0 Å². The maximum absolute atomic E-state index is 5.54. The third-order valence-corrected chi connectivity index (χ3v) is 4.24. The fourth-order valence-electron chi connectivity index (χ4n) is 3.07. The molecule has 0 fully saturated rings. The number of hydrogen-bond donors (Lipinski definition) is 0. The van der Waals surface area contributed by atoms with Crippen molar-refractivity contribution in [1.29, 1.82) is 0 Å². The number of rotatable bonds is 5. The van der Waals surface area contributed by atoms with Gasteiger partial charge >= 0.3 is 6.01 Å². The molecule has 4 heteroatoms. The molecule has 1 aromatic carbocycles. The molecule has 120 valence electrons. The fourth-order valence-corrected chi connectivity index (χ4v) is 3.07. The van der Waals surface area contributed by atoms with Crippen molar-refractivity contribution >= 4 is 0 Å². The summed E-state index contributed by atoms with van der Waals surface area (Å²) >= 11 is 0. The number of allylic oxidation sites excluding steroid dienone is 2. The van der Waals surface area contributed by atoms with E-state index in [-0.39, 0.29) is 0 Å². The van der Waals surface area contributed by atoms with Gasteiger partial charge in [0, 0.05) is 17.9 Å². The minimum atomic E-state index is 0.378. The topological polar surface area (TPSA) is 44.2 Å². The maximum atomic E-state index is 5.54. The van der Waals surface area contributed by atoms with Gasteiger partial charge < -0.3 is 9.47 Å². The zero-order valence-corrected chi connectivity index (χ0v) is 13.7. The van der Waals surface area contributed by atoms with Gasteiger partial charge in [0.2, 0.25) is 5.88 Å². The number of methoxy groups -OCH3 is 2. The first kappa shape index (κ1) is 15.5. The predicted octanol–water partition coefficient (Wildman–Crippen LogP) is 3.91. The summed E-state index contributed by atoms with van der Waals surface area (Å²) in [6, 6.07) is 10.7. The summed E-state index contributed by atoms with van der Waals surface area (Å²) in [6.07, 6.45) is 8.44. The average molecular weight is 310 g/mol. The highest BCUT2D eigenvalue weighted by Gasteiger charge is 2.23. The van der Waals surface area contributed by atoms with Gasteiger partial charge in [-0.3, -0.25) is 0 Å². The lowest BCUT2D eigenvalue weighted by molar-refractivity contribution is 0.344. The van der Waals surface area contributed by atoms with Crippen LogP contribution >= 0.6 is 0 Å². The Bertz CT molecular complexity index is 683. The Hall–Kier alpha value is -2.36. The minimum Gasteiger partial charge on any atom is -0.481 e. The molecule has 0 amide bonds. The highest BCUT2D eigenvalue weighted by molar-refractivity contribution is 5.39. The van der Waals surface area contributed by atoms with Gasteiger partial charge in [0.25, 0.3) is 0 Å². The van der Waals surface area contributed by atoms with Crippen LogP contribution in [-0.4, -0.2) is 24.2 Å². The molecule has 1 atom stereocenters. The van der Waals surface area contributed by atoms with Crippen LogP contribution in [0.2, 0.25) is 0 Å². The van der Waals surface area contributed by atoms with Gasteiger partial charge in [0.15, 0.2) is 0 Å². The van der Waals surface area contributed by atoms with E-state index in [9.17, 15) is 0 Å². The summed E-state index contributed by atoms with van der Waals surface area (Å²) in [5, 5.41) is 0. The Morgan fingerprint density at radius 1 is 1.04 bits per heavy atom. The molecule has 0 saturated heterocycles. The SMILES string of the molecule is COc1nc(OC)c(Cc2ccccc2)c([C@@H]2CC=CCC2)n1. The van der Waals surface area contributed by atoms with Crippen molar-refractivity contribution in [2.45, 2.75) is 31.6 Å². The summed E-state index contributed by atoms with van der Waals surface area (Å²) < 4.78 is 10.8. The highest BCUT2D eigenvalue weighted by Crippen LogP contribution is 2.35. The van der Waals surface area contributed by atoms with Crippen LogP contribution in [0.3, 0.4) is 0 Å². The smallest absolute Gasteiger partial charge is 0.319 e. The second-order valence-corrected chi connectivity index (χ2v) is 5.73. The molecule has 23 heavy (non-hydrogen) atoms. The van der Waals surface area contributed by atoms with Crippen LogP contribution < -0.4 is 9.47 Å². The second-order valence-electron chi connectivity index (χ2n) is 5.73. The number of benzene rings is 1. The summed E-state index contributed by atoms with van der Waals surface area (Å²) in [5.74, 6) is 1.01. The Labute approximate surface area is 137 Å². The van der Waals surface area contributed by atoms with Crippen LogP contribution in [0, 0.1) is 0 Å². The van der Waals surface area contributed by atoms with Crippen LogP contribution in [0.25, 0.3) is 0 Å². The molecule has 1 aliphatic rings. The maximum Gasteiger partial charge on any atom is 0.319 e. The van der Waals surface area contributed by atoms with Gasteiger partial charge in [-0.1, -0.05) is 42.5 Å². The molecule has 4 nitrogen and oxygen atoms in total. The van der Waals surface area contributed by atoms with Crippen molar-refractivity contribution in [3.8, 4) is 11.9 Å². The van der Waals surface area contributed by atoms with Gasteiger partial charge in [-0.2, -0.15) is 9.97 Å². The standard InChI is InChI=1S/C19H22N2O2/c1-22-18-16(13-14-9-5-3-6-10-14)17(20-19(21-18)23-2)15-11-7-4-8-12-15/h3-7,9-10,15H,8,11-13H2,1-2H3/t15-/m1/s1. The first-order chi connectivity index (χ1) is 11.3. The monoisotopic (exact) mass is 310 g/mol. The van der Waals surface area contributed by atoms with Crippen LogP contribution in [0.4, 0.5) is 0 Å². The van der Waals surface area contributed by atoms with Crippen LogP contribution in [-0.2, 0) is 6.42 Å². The summed E-state index contributed by atoms with van der Waals surface area (Å²) in [4.78, 5) is 9.06. The van der Waals surface area contributed by atoms with E-state index in [1.807, 2.05) is 6.07 Å². The largest absolute Gasteiger partial charge is 0.481 e. The normalized spacial score (nSPS) is 17.0. The van der Waals surface area contributed by atoms with Crippen molar-refractivity contribution in [1.82, 2.24) is 9.97 Å². The van der Waals surface area contributed by atoms with Crippen LogP contribution in [0.15, 0.2) is 42.5 Å². The third kappa shape index (κ3) is 3.52. The zero-order chi connectivity index (χ0) is 16.1. The molecule has 0 spiro atoms. The predicted molar refractivity (Wildman–Crippen MR) is 90.1 cm³/mol. The highest BCUT2D eigenvalue weighted by atomic mass is 16.5. The molecule has 0 radical (unpaired) electrons.